The summed E-state index contributed by atoms with van der Waals surface area (Å²) in [6.07, 6.45) is 6.76. The van der Waals surface area contributed by atoms with Crippen LogP contribution in [0.15, 0.2) is 29.8 Å². The Hall–Kier alpha value is -1.48. The predicted octanol–water partition coefficient (Wildman–Crippen LogP) is 3.15. The van der Waals surface area contributed by atoms with Crippen molar-refractivity contribution in [3.8, 4) is 0 Å². The third kappa shape index (κ3) is 3.05. The Labute approximate surface area is 112 Å². The molecule has 0 saturated heterocycles. The standard InChI is InChI=1S/C14H17ClN2O/c15-13-11(6-3-7-12(13)16)14(18)17-9-8-10-4-1-2-5-10/h3-4,6-7H,1-2,5,8-9,16H2,(H,17,18). The van der Waals surface area contributed by atoms with Crippen molar-refractivity contribution >= 4 is 23.2 Å². The van der Waals surface area contributed by atoms with E-state index >= 15 is 0 Å². The van der Waals surface area contributed by atoms with Crippen LogP contribution in [-0.2, 0) is 0 Å². The third-order valence-corrected chi connectivity index (χ3v) is 3.56. The predicted molar refractivity (Wildman–Crippen MR) is 74.7 cm³/mol. The number of anilines is 1. The van der Waals surface area contributed by atoms with Gasteiger partial charge in [0.25, 0.3) is 5.91 Å². The average molecular weight is 265 g/mol. The SMILES string of the molecule is Nc1cccc(C(=O)NCCC2=CCCC2)c1Cl. The van der Waals surface area contributed by atoms with E-state index in [4.69, 9.17) is 17.3 Å². The van der Waals surface area contributed by atoms with E-state index in [2.05, 4.69) is 11.4 Å². The molecule has 0 spiro atoms. The summed E-state index contributed by atoms with van der Waals surface area (Å²) < 4.78 is 0. The van der Waals surface area contributed by atoms with Crippen LogP contribution in [0, 0.1) is 0 Å². The Morgan fingerprint density at radius 2 is 2.28 bits per heavy atom. The number of allylic oxidation sites excluding steroid dienone is 1. The molecule has 1 aliphatic rings. The molecule has 0 fully saturated rings. The summed E-state index contributed by atoms with van der Waals surface area (Å²) in [5.41, 5.74) is 7.98. The molecule has 0 radical (unpaired) electrons. The van der Waals surface area contributed by atoms with Gasteiger partial charge in [0.2, 0.25) is 0 Å². The summed E-state index contributed by atoms with van der Waals surface area (Å²) in [7, 11) is 0. The molecule has 0 unspecified atom stereocenters. The van der Waals surface area contributed by atoms with Gasteiger partial charge in [0.05, 0.1) is 16.3 Å². The Morgan fingerprint density at radius 3 is 3.00 bits per heavy atom. The van der Waals surface area contributed by atoms with E-state index in [0.29, 0.717) is 22.8 Å². The fourth-order valence-corrected chi connectivity index (χ4v) is 2.33. The minimum absolute atomic E-state index is 0.161. The van der Waals surface area contributed by atoms with Gasteiger partial charge in [-0.2, -0.15) is 0 Å². The lowest BCUT2D eigenvalue weighted by Gasteiger charge is -2.08. The Morgan fingerprint density at radius 1 is 1.44 bits per heavy atom. The van der Waals surface area contributed by atoms with Crippen LogP contribution in [0.2, 0.25) is 5.02 Å². The Bertz CT molecular complexity index is 483. The van der Waals surface area contributed by atoms with Gasteiger partial charge < -0.3 is 11.1 Å². The number of halogens is 1. The van der Waals surface area contributed by atoms with Crippen molar-refractivity contribution in [3.05, 3.63) is 40.4 Å². The Balaban J connectivity index is 1.89. The van der Waals surface area contributed by atoms with Gasteiger partial charge in [-0.15, -0.1) is 0 Å². The molecule has 0 aromatic heterocycles. The van der Waals surface area contributed by atoms with Gasteiger partial charge in [-0.3, -0.25) is 4.79 Å². The lowest BCUT2D eigenvalue weighted by molar-refractivity contribution is 0.0954. The van der Waals surface area contributed by atoms with Crippen LogP contribution in [0.5, 0.6) is 0 Å². The van der Waals surface area contributed by atoms with Gasteiger partial charge in [0, 0.05) is 6.54 Å². The first-order chi connectivity index (χ1) is 8.68. The average Bonchev–Trinajstić information content (AvgIpc) is 2.85. The molecule has 18 heavy (non-hydrogen) atoms. The molecule has 3 N–H and O–H groups in total. The van der Waals surface area contributed by atoms with E-state index in [1.807, 2.05) is 0 Å². The van der Waals surface area contributed by atoms with E-state index in [0.717, 1.165) is 12.8 Å². The zero-order valence-electron chi connectivity index (χ0n) is 10.2. The van der Waals surface area contributed by atoms with Crippen molar-refractivity contribution in [1.82, 2.24) is 5.32 Å². The minimum atomic E-state index is -0.161. The van der Waals surface area contributed by atoms with Crippen LogP contribution < -0.4 is 11.1 Å². The molecule has 0 heterocycles. The molecule has 0 aliphatic heterocycles. The number of carbonyl (C=O) groups is 1. The maximum Gasteiger partial charge on any atom is 0.252 e. The lowest BCUT2D eigenvalue weighted by atomic mass is 10.1. The second-order valence-electron chi connectivity index (χ2n) is 4.47. The molecular weight excluding hydrogens is 248 g/mol. The molecule has 1 amide bonds. The molecule has 0 saturated carbocycles. The molecule has 96 valence electrons. The monoisotopic (exact) mass is 264 g/mol. The van der Waals surface area contributed by atoms with Gasteiger partial charge in [0.1, 0.15) is 0 Å². The van der Waals surface area contributed by atoms with Gasteiger partial charge in [-0.1, -0.05) is 29.3 Å². The summed E-state index contributed by atoms with van der Waals surface area (Å²) in [5.74, 6) is -0.161. The highest BCUT2D eigenvalue weighted by Crippen LogP contribution is 2.23. The number of nitrogens with one attached hydrogen (secondary N) is 1. The fourth-order valence-electron chi connectivity index (χ4n) is 2.12. The number of nitrogen functional groups attached to an aromatic ring is 1. The van der Waals surface area contributed by atoms with Crippen LogP contribution in [0.25, 0.3) is 0 Å². The molecule has 4 heteroatoms. The van der Waals surface area contributed by atoms with Crippen molar-refractivity contribution in [2.45, 2.75) is 25.7 Å². The zero-order valence-corrected chi connectivity index (χ0v) is 11.0. The molecule has 3 nitrogen and oxygen atoms in total. The summed E-state index contributed by atoms with van der Waals surface area (Å²) in [4.78, 5) is 11.9. The Kier molecular flexibility index (Phi) is 4.26. The third-order valence-electron chi connectivity index (χ3n) is 3.14. The highest BCUT2D eigenvalue weighted by Gasteiger charge is 2.12. The first-order valence-corrected chi connectivity index (χ1v) is 6.56. The van der Waals surface area contributed by atoms with Crippen molar-refractivity contribution in [2.24, 2.45) is 0 Å². The smallest absolute Gasteiger partial charge is 0.252 e. The number of nitrogens with two attached hydrogens (primary N) is 1. The number of carbonyl (C=O) groups excluding carboxylic acids is 1. The normalized spacial score (nSPS) is 14.4. The van der Waals surface area contributed by atoms with Crippen molar-refractivity contribution in [1.29, 1.82) is 0 Å². The second-order valence-corrected chi connectivity index (χ2v) is 4.85. The fraction of sp³-hybridized carbons (Fsp3) is 0.357. The highest BCUT2D eigenvalue weighted by molar-refractivity contribution is 6.36. The number of amides is 1. The summed E-state index contributed by atoms with van der Waals surface area (Å²) in [6, 6.07) is 5.10. The molecule has 2 rings (SSSR count). The maximum absolute atomic E-state index is 11.9. The van der Waals surface area contributed by atoms with Crippen LogP contribution in [-0.4, -0.2) is 12.5 Å². The van der Waals surface area contributed by atoms with Gasteiger partial charge in [-0.25, -0.2) is 0 Å². The van der Waals surface area contributed by atoms with Crippen molar-refractivity contribution in [2.75, 3.05) is 12.3 Å². The highest BCUT2D eigenvalue weighted by atomic mass is 35.5. The van der Waals surface area contributed by atoms with Crippen molar-refractivity contribution in [3.63, 3.8) is 0 Å². The van der Waals surface area contributed by atoms with Crippen LogP contribution in [0.3, 0.4) is 0 Å². The van der Waals surface area contributed by atoms with Gasteiger partial charge in [0.15, 0.2) is 0 Å². The second kappa shape index (κ2) is 5.91. The van der Waals surface area contributed by atoms with E-state index in [-0.39, 0.29) is 5.91 Å². The largest absolute Gasteiger partial charge is 0.398 e. The molecular formula is C14H17ClN2O. The minimum Gasteiger partial charge on any atom is -0.398 e. The summed E-state index contributed by atoms with van der Waals surface area (Å²) >= 11 is 6.00. The number of hydrogen-bond acceptors (Lipinski definition) is 2. The van der Waals surface area contributed by atoms with E-state index in [1.165, 1.54) is 18.4 Å². The molecule has 1 aliphatic carbocycles. The van der Waals surface area contributed by atoms with Crippen molar-refractivity contribution < 1.29 is 4.79 Å². The molecule has 1 aromatic rings. The first kappa shape index (κ1) is 13.0. The van der Waals surface area contributed by atoms with Gasteiger partial charge >= 0.3 is 0 Å². The van der Waals surface area contributed by atoms with Crippen LogP contribution >= 0.6 is 11.6 Å². The maximum atomic E-state index is 11.9. The zero-order chi connectivity index (χ0) is 13.0. The van der Waals surface area contributed by atoms with E-state index in [9.17, 15) is 4.79 Å². The lowest BCUT2D eigenvalue weighted by Crippen LogP contribution is -2.25. The topological polar surface area (TPSA) is 55.1 Å². The van der Waals surface area contributed by atoms with Crippen LogP contribution in [0.4, 0.5) is 5.69 Å². The summed E-state index contributed by atoms with van der Waals surface area (Å²) in [6.45, 7) is 0.649. The van der Waals surface area contributed by atoms with E-state index < -0.39 is 0 Å². The molecule has 0 bridgehead atoms. The molecule has 1 aromatic carbocycles. The quantitative estimate of drug-likeness (QED) is 0.648. The number of hydrogen-bond donors (Lipinski definition) is 2. The number of benzene rings is 1. The molecule has 0 atom stereocenters. The number of rotatable bonds is 4. The first-order valence-electron chi connectivity index (χ1n) is 6.18. The summed E-state index contributed by atoms with van der Waals surface area (Å²) in [5, 5.41) is 3.20. The van der Waals surface area contributed by atoms with Crippen LogP contribution in [0.1, 0.15) is 36.0 Å². The van der Waals surface area contributed by atoms with Gasteiger partial charge in [-0.05, 0) is 37.8 Å². The van der Waals surface area contributed by atoms with E-state index in [1.54, 1.807) is 18.2 Å².